The van der Waals surface area contributed by atoms with Gasteiger partial charge in [0.25, 0.3) is 0 Å². The SMILES string of the molecule is Cc1cc(F)c(OC(N)=O)cc1S. The highest BCUT2D eigenvalue weighted by Gasteiger charge is 2.08. The van der Waals surface area contributed by atoms with E-state index in [-0.39, 0.29) is 5.75 Å². The van der Waals surface area contributed by atoms with E-state index in [4.69, 9.17) is 5.73 Å². The van der Waals surface area contributed by atoms with Gasteiger partial charge in [0.05, 0.1) is 0 Å². The molecule has 13 heavy (non-hydrogen) atoms. The number of nitrogens with two attached hydrogens (primary N) is 1. The number of rotatable bonds is 1. The third kappa shape index (κ3) is 2.35. The van der Waals surface area contributed by atoms with E-state index in [2.05, 4.69) is 17.4 Å². The fourth-order valence-corrected chi connectivity index (χ4v) is 1.01. The lowest BCUT2D eigenvalue weighted by Crippen LogP contribution is -2.17. The van der Waals surface area contributed by atoms with Gasteiger partial charge in [-0.2, -0.15) is 0 Å². The molecular formula is C8H8FNO2S. The molecule has 0 aliphatic heterocycles. The van der Waals surface area contributed by atoms with Gasteiger partial charge in [0.1, 0.15) is 0 Å². The van der Waals surface area contributed by atoms with Crippen LogP contribution in [0.15, 0.2) is 17.0 Å². The van der Waals surface area contributed by atoms with Crippen molar-refractivity contribution in [2.24, 2.45) is 5.73 Å². The molecule has 1 rings (SSSR count). The van der Waals surface area contributed by atoms with Crippen LogP contribution in [-0.4, -0.2) is 6.09 Å². The van der Waals surface area contributed by atoms with E-state index in [1.165, 1.54) is 12.1 Å². The highest BCUT2D eigenvalue weighted by atomic mass is 32.1. The van der Waals surface area contributed by atoms with Crippen LogP contribution in [0.2, 0.25) is 0 Å². The summed E-state index contributed by atoms with van der Waals surface area (Å²) in [5.74, 6) is -0.836. The molecule has 0 atom stereocenters. The van der Waals surface area contributed by atoms with Gasteiger partial charge < -0.3 is 10.5 Å². The lowest BCUT2D eigenvalue weighted by molar-refractivity contribution is 0.208. The van der Waals surface area contributed by atoms with E-state index in [1.54, 1.807) is 6.92 Å². The zero-order valence-corrected chi connectivity index (χ0v) is 7.77. The lowest BCUT2D eigenvalue weighted by atomic mass is 10.2. The van der Waals surface area contributed by atoms with Crippen LogP contribution < -0.4 is 10.5 Å². The van der Waals surface area contributed by atoms with Gasteiger partial charge in [-0.15, -0.1) is 12.6 Å². The van der Waals surface area contributed by atoms with Crippen LogP contribution in [0, 0.1) is 12.7 Å². The van der Waals surface area contributed by atoms with E-state index in [0.717, 1.165) is 0 Å². The molecule has 0 aliphatic carbocycles. The Kier molecular flexibility index (Phi) is 2.77. The third-order valence-electron chi connectivity index (χ3n) is 1.46. The van der Waals surface area contributed by atoms with E-state index in [9.17, 15) is 9.18 Å². The molecule has 70 valence electrons. The fraction of sp³-hybridized carbons (Fsp3) is 0.125. The lowest BCUT2D eigenvalue weighted by Gasteiger charge is -2.05. The predicted octanol–water partition coefficient (Wildman–Crippen LogP) is 1.88. The van der Waals surface area contributed by atoms with Gasteiger partial charge in [0, 0.05) is 4.90 Å². The average Bonchev–Trinajstić information content (AvgIpc) is 1.99. The summed E-state index contributed by atoms with van der Waals surface area (Å²) in [5.41, 5.74) is 5.39. The smallest absolute Gasteiger partial charge is 0.407 e. The highest BCUT2D eigenvalue weighted by Crippen LogP contribution is 2.24. The quantitative estimate of drug-likeness (QED) is 0.681. The van der Waals surface area contributed by atoms with Gasteiger partial charge in [-0.25, -0.2) is 9.18 Å². The van der Waals surface area contributed by atoms with Crippen molar-refractivity contribution >= 4 is 18.7 Å². The molecule has 5 heteroatoms. The van der Waals surface area contributed by atoms with Gasteiger partial charge >= 0.3 is 6.09 Å². The van der Waals surface area contributed by atoms with E-state index in [0.29, 0.717) is 10.5 Å². The van der Waals surface area contributed by atoms with Gasteiger partial charge in [0.2, 0.25) is 0 Å². The van der Waals surface area contributed by atoms with E-state index >= 15 is 0 Å². The molecular weight excluding hydrogens is 193 g/mol. The van der Waals surface area contributed by atoms with Gasteiger partial charge in [-0.05, 0) is 24.6 Å². The number of hydrogen-bond donors (Lipinski definition) is 2. The Balaban J connectivity index is 3.08. The number of halogens is 1. The maximum atomic E-state index is 13.0. The molecule has 0 saturated carbocycles. The number of carbonyl (C=O) groups excluding carboxylic acids is 1. The summed E-state index contributed by atoms with van der Waals surface area (Å²) < 4.78 is 17.4. The Bertz CT molecular complexity index is 354. The Morgan fingerprint density at radius 3 is 2.77 bits per heavy atom. The highest BCUT2D eigenvalue weighted by molar-refractivity contribution is 7.80. The maximum absolute atomic E-state index is 13.0. The number of ether oxygens (including phenoxy) is 1. The average molecular weight is 201 g/mol. The Hall–Kier alpha value is -1.23. The Morgan fingerprint density at radius 1 is 1.62 bits per heavy atom. The molecule has 0 aromatic heterocycles. The second-order valence-corrected chi connectivity index (χ2v) is 2.97. The number of aryl methyl sites for hydroxylation is 1. The van der Waals surface area contributed by atoms with Crippen molar-refractivity contribution in [3.8, 4) is 5.75 Å². The number of thiol groups is 1. The molecule has 0 aliphatic rings. The van der Waals surface area contributed by atoms with Crippen LogP contribution in [0.1, 0.15) is 5.56 Å². The molecule has 1 aromatic carbocycles. The standard InChI is InChI=1S/C8H8FNO2S/c1-4-2-5(9)6(3-7(4)13)12-8(10)11/h2-3,13H,1H3,(H2,10,11). The molecule has 0 bridgehead atoms. The zero-order valence-electron chi connectivity index (χ0n) is 6.87. The normalized spacial score (nSPS) is 9.77. The van der Waals surface area contributed by atoms with Crippen molar-refractivity contribution in [3.05, 3.63) is 23.5 Å². The van der Waals surface area contributed by atoms with E-state index < -0.39 is 11.9 Å². The van der Waals surface area contributed by atoms with Gasteiger partial charge in [0.15, 0.2) is 11.6 Å². The van der Waals surface area contributed by atoms with Crippen molar-refractivity contribution < 1.29 is 13.9 Å². The minimum absolute atomic E-state index is 0.205. The molecule has 1 aromatic rings. The van der Waals surface area contributed by atoms with Crippen LogP contribution in [0.4, 0.5) is 9.18 Å². The molecule has 0 saturated heterocycles. The molecule has 0 spiro atoms. The van der Waals surface area contributed by atoms with Crippen LogP contribution in [0.3, 0.4) is 0 Å². The van der Waals surface area contributed by atoms with Crippen LogP contribution in [0.25, 0.3) is 0 Å². The van der Waals surface area contributed by atoms with Crippen molar-refractivity contribution in [2.45, 2.75) is 11.8 Å². The topological polar surface area (TPSA) is 52.3 Å². The monoisotopic (exact) mass is 201 g/mol. The van der Waals surface area contributed by atoms with Crippen LogP contribution in [0.5, 0.6) is 5.75 Å². The number of carbonyl (C=O) groups is 1. The minimum Gasteiger partial charge on any atom is -0.407 e. The Labute approximate surface area is 80.1 Å². The van der Waals surface area contributed by atoms with E-state index in [1.807, 2.05) is 0 Å². The van der Waals surface area contributed by atoms with Crippen LogP contribution >= 0.6 is 12.6 Å². The molecule has 2 N–H and O–H groups in total. The molecule has 0 fully saturated rings. The zero-order chi connectivity index (χ0) is 10.0. The second kappa shape index (κ2) is 3.66. The summed E-state index contributed by atoms with van der Waals surface area (Å²) in [6.07, 6.45) is -1.05. The maximum Gasteiger partial charge on any atom is 0.410 e. The largest absolute Gasteiger partial charge is 0.410 e. The number of amides is 1. The summed E-state index contributed by atoms with van der Waals surface area (Å²) >= 11 is 4.04. The molecule has 0 radical (unpaired) electrons. The summed E-state index contributed by atoms with van der Waals surface area (Å²) in [5, 5.41) is 0. The van der Waals surface area contributed by atoms with Gasteiger partial charge in [-0.1, -0.05) is 0 Å². The molecule has 0 unspecified atom stereocenters. The first-order valence-corrected chi connectivity index (χ1v) is 3.92. The minimum atomic E-state index is -1.05. The Morgan fingerprint density at radius 2 is 2.23 bits per heavy atom. The predicted molar refractivity (Wildman–Crippen MR) is 48.6 cm³/mol. The summed E-state index contributed by atoms with van der Waals surface area (Å²) in [4.78, 5) is 10.9. The second-order valence-electron chi connectivity index (χ2n) is 2.49. The molecule has 1 amide bonds. The number of benzene rings is 1. The summed E-state index contributed by atoms with van der Waals surface area (Å²) in [6, 6.07) is 2.53. The third-order valence-corrected chi connectivity index (χ3v) is 1.94. The van der Waals surface area contributed by atoms with Crippen molar-refractivity contribution in [1.82, 2.24) is 0 Å². The molecule has 0 heterocycles. The summed E-state index contributed by atoms with van der Waals surface area (Å²) in [7, 11) is 0. The first-order valence-electron chi connectivity index (χ1n) is 3.47. The number of hydrogen-bond acceptors (Lipinski definition) is 3. The van der Waals surface area contributed by atoms with Crippen molar-refractivity contribution in [1.29, 1.82) is 0 Å². The fourth-order valence-electron chi connectivity index (χ4n) is 0.829. The van der Waals surface area contributed by atoms with Gasteiger partial charge in [-0.3, -0.25) is 0 Å². The summed E-state index contributed by atoms with van der Waals surface area (Å²) in [6.45, 7) is 1.69. The van der Waals surface area contributed by atoms with Crippen molar-refractivity contribution in [3.63, 3.8) is 0 Å². The van der Waals surface area contributed by atoms with Crippen molar-refractivity contribution in [2.75, 3.05) is 0 Å². The molecule has 3 nitrogen and oxygen atoms in total. The van der Waals surface area contributed by atoms with Crippen LogP contribution in [-0.2, 0) is 0 Å². The first-order chi connectivity index (χ1) is 6.00. The first kappa shape index (κ1) is 9.85. The number of primary amides is 1.